The van der Waals surface area contributed by atoms with Crippen LogP contribution in [0.1, 0.15) is 83.0 Å². The molecule has 0 saturated heterocycles. The number of rotatable bonds is 15. The van der Waals surface area contributed by atoms with Crippen LogP contribution in [0.4, 0.5) is 57.5 Å². The number of aryl methyl sites for hydroxylation is 1. The number of nitrogens with one attached hydrogen (secondary N) is 4. The second kappa shape index (κ2) is 29.9. The number of anilines is 6. The van der Waals surface area contributed by atoms with E-state index in [2.05, 4.69) is 56.6 Å². The van der Waals surface area contributed by atoms with Crippen LogP contribution in [0.15, 0.2) is 207 Å². The van der Waals surface area contributed by atoms with E-state index in [1.165, 1.54) is 105 Å². The molecule has 0 radical (unpaired) electrons. The summed E-state index contributed by atoms with van der Waals surface area (Å²) in [6.07, 6.45) is 15.0. The number of hydrogen-bond acceptors (Lipinski definition) is 16. The topological polar surface area (TPSA) is 348 Å². The van der Waals surface area contributed by atoms with Gasteiger partial charge in [-0.2, -0.15) is 20.4 Å². The number of hydrogen-bond donors (Lipinski definition) is 7. The van der Waals surface area contributed by atoms with Crippen LogP contribution in [-0.2, 0) is 6.54 Å². The van der Waals surface area contributed by atoms with E-state index in [0.717, 1.165) is 29.8 Å². The van der Waals surface area contributed by atoms with Crippen molar-refractivity contribution in [2.24, 2.45) is 5.73 Å². The van der Waals surface area contributed by atoms with Gasteiger partial charge >= 0.3 is 0 Å². The summed E-state index contributed by atoms with van der Waals surface area (Å²) in [5, 5.41) is 38.0. The van der Waals surface area contributed by atoms with Crippen LogP contribution < -0.4 is 38.5 Å². The van der Waals surface area contributed by atoms with Crippen LogP contribution >= 0.6 is 0 Å². The fourth-order valence-electron chi connectivity index (χ4n) is 9.35. The van der Waals surface area contributed by atoms with Gasteiger partial charge in [0.25, 0.3) is 29.3 Å². The molecular formula is C67H57F4N19O6. The molecule has 0 aliphatic heterocycles. The molecule has 4 amide bonds. The summed E-state index contributed by atoms with van der Waals surface area (Å²) in [5.41, 5.74) is 23.8. The van der Waals surface area contributed by atoms with Gasteiger partial charge in [0.15, 0.2) is 11.5 Å². The monoisotopic (exact) mass is 1300 g/mol. The fourth-order valence-corrected chi connectivity index (χ4v) is 9.35. The quantitative estimate of drug-likeness (QED) is 0.0217. The van der Waals surface area contributed by atoms with Gasteiger partial charge in [-0.3, -0.25) is 34.3 Å². The van der Waals surface area contributed by atoms with Crippen molar-refractivity contribution in [2.45, 2.75) is 39.2 Å². The lowest BCUT2D eigenvalue weighted by Gasteiger charge is -2.09. The highest BCUT2D eigenvalue weighted by Gasteiger charge is 2.30. The van der Waals surface area contributed by atoms with Crippen LogP contribution in [0.5, 0.6) is 0 Å². The van der Waals surface area contributed by atoms with Crippen molar-refractivity contribution in [1.82, 2.24) is 54.1 Å². The minimum atomic E-state index is -0.636. The number of nitro benzene ring substituents is 1. The zero-order valence-electron chi connectivity index (χ0n) is 50.9. The molecule has 0 unspecified atom stereocenters. The standard InChI is InChI=1S/C19H18FN5O.C17H13FN4O3.C17H15FN4O.C14H11FN6O/c20-16-3-1-2-4-17(16)25-11-14(10-22-25)24-19(26)15-8-7-13(9-21)23-18(15)12-5-6-12;1-11-6-7-15(22(24)25)13(8-11)17(23)20-12-9-19-21(10-12)16-5-3-2-4-14(16)18;1-11-15(21-17(23)12-6-2-4-8-14(12)19)10-20-22(11)16-9-5-3-7-13(16)18;15-10-3-1-2-4-11(10)21-8-9(7-19-21)20-14(22)12-13(16)18-6-5-17-12/h1-4,7-8,10-12H,5-6,9,21H2,(H,24,26);2-10H,1H3,(H,20,23);2-10H,19H2,1H3,(H,21,23);1-8H,(H2,16,18)(H,20,22). The Bertz CT molecular complexity index is 4830. The minimum absolute atomic E-state index is 0.0149. The molecule has 10 N–H and O–H groups in total. The van der Waals surface area contributed by atoms with Gasteiger partial charge in [-0.15, -0.1) is 0 Å². The molecule has 484 valence electrons. The van der Waals surface area contributed by atoms with Gasteiger partial charge in [-0.1, -0.05) is 66.7 Å². The van der Waals surface area contributed by atoms with Gasteiger partial charge in [-0.05, 0) is 111 Å². The summed E-state index contributed by atoms with van der Waals surface area (Å²) in [6, 6.07) is 39.5. The maximum Gasteiger partial charge on any atom is 0.282 e. The zero-order valence-corrected chi connectivity index (χ0v) is 50.9. The first-order valence-electron chi connectivity index (χ1n) is 29.1. The third kappa shape index (κ3) is 16.0. The zero-order chi connectivity index (χ0) is 68.0. The molecule has 0 bridgehead atoms. The second-order valence-corrected chi connectivity index (χ2v) is 21.1. The molecule has 6 aromatic heterocycles. The number of carbonyl (C=O) groups excluding carboxylic acids is 4. The van der Waals surface area contributed by atoms with Crippen molar-refractivity contribution in [1.29, 1.82) is 0 Å². The normalized spacial score (nSPS) is 11.3. The predicted molar refractivity (Wildman–Crippen MR) is 350 cm³/mol. The van der Waals surface area contributed by atoms with Gasteiger partial charge in [0.2, 0.25) is 0 Å². The molecule has 25 nitrogen and oxygen atoms in total. The van der Waals surface area contributed by atoms with E-state index >= 15 is 0 Å². The van der Waals surface area contributed by atoms with Crippen molar-refractivity contribution < 1.29 is 41.7 Å². The lowest BCUT2D eigenvalue weighted by atomic mass is 10.1. The molecule has 12 aromatic rings. The van der Waals surface area contributed by atoms with Gasteiger partial charge in [0.05, 0.1) is 99.3 Å². The number of carbonyl (C=O) groups is 4. The SMILES string of the molecule is Cc1c(NC(=O)c2ccccc2N)cnn1-c1ccccc1F.Cc1ccc([N+](=O)[O-])c(C(=O)Nc2cnn(-c3ccccc3F)c2)c1.NCc1ccc(C(=O)Nc2cnn(-c3ccccc3F)c2)c(C2CC2)n1.Nc1nccnc1C(=O)Nc1cnn(-c2ccccc2F)c1. The highest BCUT2D eigenvalue weighted by molar-refractivity contribution is 6.09. The van der Waals surface area contributed by atoms with Crippen LogP contribution in [-0.4, -0.2) is 82.6 Å². The number of halogens is 4. The molecule has 1 fully saturated rings. The van der Waals surface area contributed by atoms with E-state index < -0.39 is 28.4 Å². The van der Waals surface area contributed by atoms with Crippen molar-refractivity contribution in [3.8, 4) is 22.7 Å². The van der Waals surface area contributed by atoms with E-state index in [1.54, 1.807) is 135 Å². The lowest BCUT2D eigenvalue weighted by molar-refractivity contribution is -0.385. The van der Waals surface area contributed by atoms with Crippen molar-refractivity contribution >= 4 is 63.6 Å². The van der Waals surface area contributed by atoms with E-state index in [4.69, 9.17) is 17.2 Å². The Morgan fingerprint density at radius 2 is 1.01 bits per heavy atom. The van der Waals surface area contributed by atoms with E-state index in [9.17, 15) is 46.9 Å². The molecule has 0 spiro atoms. The van der Waals surface area contributed by atoms with Crippen molar-refractivity contribution in [2.75, 3.05) is 32.7 Å². The summed E-state index contributed by atoms with van der Waals surface area (Å²) in [7, 11) is 0. The lowest BCUT2D eigenvalue weighted by Crippen LogP contribution is -2.16. The summed E-state index contributed by atoms with van der Waals surface area (Å²) >= 11 is 0. The highest BCUT2D eigenvalue weighted by atomic mass is 19.1. The number of para-hydroxylation sites is 5. The van der Waals surface area contributed by atoms with E-state index in [0.29, 0.717) is 69.1 Å². The second-order valence-electron chi connectivity index (χ2n) is 21.1. The number of nitrogen functional groups attached to an aromatic ring is 2. The van der Waals surface area contributed by atoms with Gasteiger partial charge in [-0.25, -0.2) is 46.3 Å². The summed E-state index contributed by atoms with van der Waals surface area (Å²) in [6.45, 7) is 3.83. The Kier molecular flexibility index (Phi) is 20.5. The molecule has 13 rings (SSSR count). The van der Waals surface area contributed by atoms with Crippen molar-refractivity contribution in [3.63, 3.8) is 0 Å². The Hall–Kier alpha value is -13.1. The minimum Gasteiger partial charge on any atom is -0.398 e. The average molecular weight is 1300 g/mol. The van der Waals surface area contributed by atoms with Crippen LogP contribution in [0.2, 0.25) is 0 Å². The first-order valence-corrected chi connectivity index (χ1v) is 29.1. The number of pyridine rings is 1. The third-order valence-electron chi connectivity index (χ3n) is 14.3. The summed E-state index contributed by atoms with van der Waals surface area (Å²) in [4.78, 5) is 72.1. The highest BCUT2D eigenvalue weighted by Crippen LogP contribution is 2.41. The maximum absolute atomic E-state index is 13.9. The molecule has 1 aliphatic rings. The predicted octanol–water partition coefficient (Wildman–Crippen LogP) is 11.3. The molecule has 6 aromatic carbocycles. The third-order valence-corrected chi connectivity index (χ3v) is 14.3. The number of nitrogens with two attached hydrogens (primary N) is 3. The summed E-state index contributed by atoms with van der Waals surface area (Å²) in [5.74, 6) is -3.03. The Morgan fingerprint density at radius 1 is 0.542 bits per heavy atom. The van der Waals surface area contributed by atoms with Gasteiger partial charge in [0, 0.05) is 36.6 Å². The fraction of sp³-hybridized carbons (Fsp3) is 0.0896. The number of amides is 4. The Morgan fingerprint density at radius 3 is 1.50 bits per heavy atom. The smallest absolute Gasteiger partial charge is 0.282 e. The first kappa shape index (κ1) is 65.9. The largest absolute Gasteiger partial charge is 0.398 e. The van der Waals surface area contributed by atoms with Gasteiger partial charge < -0.3 is 38.5 Å². The summed E-state index contributed by atoms with van der Waals surface area (Å²) < 4.78 is 60.6. The molecule has 1 saturated carbocycles. The number of nitrogens with zero attached hydrogens (tertiary/aromatic N) is 12. The molecular weight excluding hydrogens is 1240 g/mol. The van der Waals surface area contributed by atoms with E-state index in [-0.39, 0.29) is 57.6 Å². The van der Waals surface area contributed by atoms with Crippen LogP contribution in [0.3, 0.4) is 0 Å². The van der Waals surface area contributed by atoms with Crippen molar-refractivity contribution in [3.05, 3.63) is 286 Å². The maximum atomic E-state index is 13.9. The number of nitro groups is 1. The first-order chi connectivity index (χ1) is 46.3. The Balaban J connectivity index is 0.000000139. The number of aromatic nitrogens is 11. The number of benzene rings is 6. The molecule has 29 heteroatoms. The molecule has 96 heavy (non-hydrogen) atoms. The van der Waals surface area contributed by atoms with Gasteiger partial charge in [0.1, 0.15) is 51.6 Å². The van der Waals surface area contributed by atoms with Crippen LogP contribution in [0, 0.1) is 47.2 Å². The molecule has 1 aliphatic carbocycles. The van der Waals surface area contributed by atoms with Crippen LogP contribution in [0.25, 0.3) is 22.7 Å². The average Bonchev–Trinajstić information content (AvgIpc) is 1.63. The van der Waals surface area contributed by atoms with E-state index in [1.807, 2.05) is 0 Å². The Labute approximate surface area is 543 Å². The molecule has 0 atom stereocenters. The molecule has 6 heterocycles.